The van der Waals surface area contributed by atoms with E-state index in [-0.39, 0.29) is 17.3 Å². The standard InChI is InChI=1S/C12H6Br2N5O4.C11H22NO2/c13-9-5-7(18(20)21)1-3-11(9)15-17-16-12-4-2-8(19(22)23)6-10(12)14;1-5-12(6-2,7-3)10-9-11(13)14-8-4/h1-6H;9-10H,5-8H2,1-4H3/q-1;+1/b;10-9+. The minimum atomic E-state index is -0.524. The molecule has 0 aliphatic rings. The van der Waals surface area contributed by atoms with E-state index in [1.807, 2.05) is 13.1 Å². The molecule has 2 rings (SSSR count). The third-order valence-corrected chi connectivity index (χ3v) is 6.56. The number of esters is 1. The van der Waals surface area contributed by atoms with Crippen LogP contribution in [0.5, 0.6) is 0 Å². The molecule has 0 N–H and O–H groups in total. The largest absolute Gasteiger partial charge is 0.463 e. The average Bonchev–Trinajstić information content (AvgIpc) is 2.87. The van der Waals surface area contributed by atoms with E-state index in [9.17, 15) is 25.0 Å². The number of nitro benzene ring substituents is 2. The molecule has 0 atom stereocenters. The number of quaternary nitrogens is 1. The molecule has 0 aliphatic carbocycles. The van der Waals surface area contributed by atoms with E-state index < -0.39 is 9.85 Å². The quantitative estimate of drug-likeness (QED) is 0.0611. The molecule has 12 nitrogen and oxygen atoms in total. The second-order valence-corrected chi connectivity index (χ2v) is 9.02. The average molecular weight is 644 g/mol. The first-order chi connectivity index (χ1) is 17.5. The Balaban J connectivity index is 0.000000422. The number of halogens is 2. The van der Waals surface area contributed by atoms with Crippen molar-refractivity contribution in [2.45, 2.75) is 27.7 Å². The molecule has 0 heterocycles. The van der Waals surface area contributed by atoms with Crippen LogP contribution in [0.3, 0.4) is 0 Å². The smallest absolute Gasteiger partial charge is 0.336 e. The van der Waals surface area contributed by atoms with Gasteiger partial charge < -0.3 is 15.3 Å². The van der Waals surface area contributed by atoms with E-state index in [2.05, 4.69) is 68.4 Å². The topological polar surface area (TPSA) is 151 Å². The molecule has 14 heteroatoms. The van der Waals surface area contributed by atoms with Crippen molar-refractivity contribution in [3.63, 3.8) is 0 Å². The highest BCUT2D eigenvalue weighted by atomic mass is 79.9. The van der Waals surface area contributed by atoms with Gasteiger partial charge in [-0.05, 0) is 51.2 Å². The summed E-state index contributed by atoms with van der Waals surface area (Å²) in [6.07, 6.45) is 3.48. The lowest BCUT2D eigenvalue weighted by Crippen LogP contribution is -2.42. The van der Waals surface area contributed by atoms with Gasteiger partial charge in [0.05, 0.1) is 42.2 Å². The molecular weight excluding hydrogens is 616 g/mol. The Kier molecular flexibility index (Phi) is 13.6. The van der Waals surface area contributed by atoms with Crippen molar-refractivity contribution < 1.29 is 23.9 Å². The third-order valence-electron chi connectivity index (χ3n) is 5.29. The summed E-state index contributed by atoms with van der Waals surface area (Å²) in [5.41, 5.74) is 4.40. The maximum atomic E-state index is 11.1. The number of carbonyl (C=O) groups excluding carboxylic acids is 1. The molecule has 2 aromatic carbocycles. The van der Waals surface area contributed by atoms with E-state index in [1.165, 1.54) is 36.4 Å². The highest BCUT2D eigenvalue weighted by Gasteiger charge is 2.17. The Labute approximate surface area is 231 Å². The molecule has 37 heavy (non-hydrogen) atoms. The first-order valence-corrected chi connectivity index (χ1v) is 12.8. The lowest BCUT2D eigenvalue weighted by atomic mass is 10.3. The van der Waals surface area contributed by atoms with E-state index in [1.54, 1.807) is 6.08 Å². The summed E-state index contributed by atoms with van der Waals surface area (Å²) in [5, 5.41) is 28.7. The molecule has 0 aliphatic heterocycles. The molecule has 0 saturated heterocycles. The van der Waals surface area contributed by atoms with Crippen LogP contribution in [0.4, 0.5) is 22.7 Å². The van der Waals surface area contributed by atoms with Gasteiger partial charge in [-0.25, -0.2) is 4.79 Å². The normalized spacial score (nSPS) is 11.2. The van der Waals surface area contributed by atoms with Crippen molar-refractivity contribution in [1.29, 1.82) is 0 Å². The second kappa shape index (κ2) is 15.8. The number of ether oxygens (including phenoxy) is 1. The van der Waals surface area contributed by atoms with Crippen molar-refractivity contribution in [2.24, 2.45) is 10.3 Å². The van der Waals surface area contributed by atoms with Crippen LogP contribution in [0.25, 0.3) is 5.43 Å². The second-order valence-electron chi connectivity index (χ2n) is 7.31. The van der Waals surface area contributed by atoms with Gasteiger partial charge in [-0.15, -0.1) is 0 Å². The Morgan fingerprint density at radius 3 is 1.97 bits per heavy atom. The van der Waals surface area contributed by atoms with Crippen LogP contribution >= 0.6 is 31.9 Å². The predicted octanol–water partition coefficient (Wildman–Crippen LogP) is 7.67. The fraction of sp³-hybridized carbons (Fsp3) is 0.348. The Morgan fingerprint density at radius 1 is 0.973 bits per heavy atom. The van der Waals surface area contributed by atoms with Crippen molar-refractivity contribution in [3.05, 3.63) is 83.3 Å². The van der Waals surface area contributed by atoms with Gasteiger partial charge in [0.2, 0.25) is 0 Å². The molecule has 0 unspecified atom stereocenters. The van der Waals surface area contributed by atoms with Crippen LogP contribution in [0, 0.1) is 20.2 Å². The number of nitro groups is 2. The number of benzene rings is 2. The summed E-state index contributed by atoms with van der Waals surface area (Å²) in [7, 11) is 0. The Hall–Kier alpha value is -3.23. The SMILES string of the molecule is CCOC(=O)/C=C/[N+](CC)(CC)CC.O=[N+]([O-])c1ccc(N=N[N-]c2ccc([N+](=O)[O-])cc2Br)c(Br)c1. The molecular formula is C23H28Br2N6O6. The Morgan fingerprint density at radius 2 is 1.51 bits per heavy atom. The van der Waals surface area contributed by atoms with Gasteiger partial charge in [0.25, 0.3) is 11.4 Å². The number of hydrogen-bond acceptors (Lipinski definition) is 8. The van der Waals surface area contributed by atoms with E-state index in [0.29, 0.717) is 26.9 Å². The number of hydrogen-bond donors (Lipinski definition) is 0. The van der Waals surface area contributed by atoms with Gasteiger partial charge >= 0.3 is 5.97 Å². The van der Waals surface area contributed by atoms with Crippen LogP contribution in [0.1, 0.15) is 27.7 Å². The third kappa shape index (κ3) is 10.3. The van der Waals surface area contributed by atoms with Crippen molar-refractivity contribution in [2.75, 3.05) is 26.2 Å². The van der Waals surface area contributed by atoms with E-state index >= 15 is 0 Å². The molecule has 2 aromatic rings. The fourth-order valence-electron chi connectivity index (χ4n) is 2.90. The molecule has 0 radical (unpaired) electrons. The molecule has 200 valence electrons. The lowest BCUT2D eigenvalue weighted by Gasteiger charge is -2.31. The van der Waals surface area contributed by atoms with Crippen molar-refractivity contribution >= 4 is 60.6 Å². The van der Waals surface area contributed by atoms with E-state index in [0.717, 1.165) is 24.1 Å². The summed E-state index contributed by atoms with van der Waals surface area (Å²) in [6.45, 7) is 11.6. The zero-order chi connectivity index (χ0) is 28.0. The first-order valence-electron chi connectivity index (χ1n) is 11.2. The van der Waals surface area contributed by atoms with Crippen LogP contribution in [-0.4, -0.2) is 46.5 Å². The summed E-state index contributed by atoms with van der Waals surface area (Å²) in [4.78, 5) is 31.3. The highest BCUT2D eigenvalue weighted by Crippen LogP contribution is 2.34. The molecule has 0 aromatic heterocycles. The van der Waals surface area contributed by atoms with Gasteiger partial charge in [0.1, 0.15) is 6.20 Å². The lowest BCUT2D eigenvalue weighted by molar-refractivity contribution is -0.874. The molecule has 0 bridgehead atoms. The molecule has 0 amide bonds. The number of non-ortho nitro benzene ring substituents is 2. The summed E-state index contributed by atoms with van der Waals surface area (Å²) < 4.78 is 6.46. The number of nitrogens with zero attached hydrogens (tertiary/aromatic N) is 6. The number of carbonyl (C=O) groups is 1. The van der Waals surface area contributed by atoms with Crippen molar-refractivity contribution in [1.82, 2.24) is 0 Å². The molecule has 0 saturated carbocycles. The molecule has 0 spiro atoms. The van der Waals surface area contributed by atoms with Crippen LogP contribution < -0.4 is 0 Å². The van der Waals surface area contributed by atoms with Gasteiger partial charge in [-0.2, -0.15) is 0 Å². The van der Waals surface area contributed by atoms with Gasteiger partial charge in [0, 0.05) is 33.2 Å². The highest BCUT2D eigenvalue weighted by molar-refractivity contribution is 9.11. The minimum absolute atomic E-state index is 0.0779. The monoisotopic (exact) mass is 642 g/mol. The fourth-order valence-corrected chi connectivity index (χ4v) is 3.79. The predicted molar refractivity (Wildman–Crippen MR) is 147 cm³/mol. The minimum Gasteiger partial charge on any atom is -0.463 e. The summed E-state index contributed by atoms with van der Waals surface area (Å²) in [6, 6.07) is 8.03. The van der Waals surface area contributed by atoms with Crippen LogP contribution in [0.15, 0.2) is 68.0 Å². The maximum Gasteiger partial charge on any atom is 0.336 e. The van der Waals surface area contributed by atoms with Crippen LogP contribution in [0.2, 0.25) is 0 Å². The van der Waals surface area contributed by atoms with Gasteiger partial charge in [0.15, 0.2) is 0 Å². The van der Waals surface area contributed by atoms with Crippen LogP contribution in [-0.2, 0) is 9.53 Å². The van der Waals surface area contributed by atoms with E-state index in [4.69, 9.17) is 4.74 Å². The zero-order valence-electron chi connectivity index (χ0n) is 20.8. The van der Waals surface area contributed by atoms with Crippen molar-refractivity contribution in [3.8, 4) is 0 Å². The van der Waals surface area contributed by atoms with Gasteiger partial charge in [-0.1, -0.05) is 31.9 Å². The number of rotatable bonds is 11. The maximum absolute atomic E-state index is 11.1. The molecule has 0 fully saturated rings. The summed E-state index contributed by atoms with van der Waals surface area (Å²) in [5.74, 6) is -0.245. The first kappa shape index (κ1) is 31.8. The Bertz CT molecular complexity index is 1150. The zero-order valence-corrected chi connectivity index (χ0v) is 24.0. The van der Waals surface area contributed by atoms with Gasteiger partial charge in [-0.3, -0.25) is 29.9 Å². The summed E-state index contributed by atoms with van der Waals surface area (Å²) >= 11 is 6.32.